The molecule has 0 radical (unpaired) electrons. The van der Waals surface area contributed by atoms with Crippen LogP contribution in [-0.2, 0) is 0 Å². The number of nitrogens with zero attached hydrogens (tertiary/aromatic N) is 1. The standard InChI is InChI=1S/C27H36N2/c1-3-29(26-18-25-23-16-17-24(25)27(23)26)22-13-5-4-10-21(14-15-22)28-20-11-6-8-19(2)9-7-12-20/h4-5,10,13-14,16,18-20,22,24,28H,3,6-9,11-12,15,17H2,1-2H3/b10-4-,13-5-,21-14+. The van der Waals surface area contributed by atoms with Crippen LogP contribution < -0.4 is 5.32 Å². The van der Waals surface area contributed by atoms with Crippen LogP contribution in [-0.4, -0.2) is 23.5 Å². The first-order valence-corrected chi connectivity index (χ1v) is 12.0. The molecular formula is C27H36N2. The van der Waals surface area contributed by atoms with Gasteiger partial charge in [-0.05, 0) is 67.4 Å². The van der Waals surface area contributed by atoms with E-state index in [4.69, 9.17) is 0 Å². The lowest BCUT2D eigenvalue weighted by Crippen LogP contribution is -2.34. The normalized spacial score (nSPS) is 37.1. The molecule has 2 atom stereocenters. The molecule has 154 valence electrons. The smallest absolute Gasteiger partial charge is 0.0511 e. The van der Waals surface area contributed by atoms with Gasteiger partial charge in [-0.1, -0.05) is 63.0 Å². The first kappa shape index (κ1) is 19.0. The molecule has 0 aromatic carbocycles. The zero-order valence-corrected chi connectivity index (χ0v) is 18.2. The lowest BCUT2D eigenvalue weighted by Gasteiger charge is -2.33. The van der Waals surface area contributed by atoms with Gasteiger partial charge in [0.05, 0.1) is 6.04 Å². The van der Waals surface area contributed by atoms with Crippen LogP contribution in [0.25, 0.3) is 0 Å². The molecule has 0 amide bonds. The number of nitrogens with one attached hydrogen (secondary N) is 1. The van der Waals surface area contributed by atoms with Gasteiger partial charge >= 0.3 is 0 Å². The lowest BCUT2D eigenvalue weighted by molar-refractivity contribution is 0.314. The molecule has 1 N–H and O–H groups in total. The van der Waals surface area contributed by atoms with E-state index in [-0.39, 0.29) is 0 Å². The van der Waals surface area contributed by atoms with E-state index in [0.717, 1.165) is 24.8 Å². The third-order valence-corrected chi connectivity index (χ3v) is 7.67. The molecular weight excluding hydrogens is 352 g/mol. The second-order valence-corrected chi connectivity index (χ2v) is 9.61. The van der Waals surface area contributed by atoms with Crippen molar-refractivity contribution in [2.45, 2.75) is 77.3 Å². The Morgan fingerprint density at radius 2 is 1.86 bits per heavy atom. The number of hydrogen-bond donors (Lipinski definition) is 1. The molecule has 2 saturated carbocycles. The summed E-state index contributed by atoms with van der Waals surface area (Å²) in [5.74, 6) is 1.65. The third kappa shape index (κ3) is 3.56. The number of rotatable bonds is 5. The molecule has 7 aliphatic carbocycles. The zero-order valence-electron chi connectivity index (χ0n) is 18.2. The zero-order chi connectivity index (χ0) is 19.8. The van der Waals surface area contributed by atoms with Gasteiger partial charge in [-0.25, -0.2) is 0 Å². The minimum atomic E-state index is 0.443. The maximum Gasteiger partial charge on any atom is 0.0511 e. The van der Waals surface area contributed by atoms with E-state index in [2.05, 4.69) is 66.6 Å². The quantitative estimate of drug-likeness (QED) is 0.605. The van der Waals surface area contributed by atoms with Gasteiger partial charge in [0.1, 0.15) is 0 Å². The summed E-state index contributed by atoms with van der Waals surface area (Å²) in [4.78, 5) is 2.63. The van der Waals surface area contributed by atoms with Gasteiger partial charge in [0.15, 0.2) is 0 Å². The molecule has 0 saturated heterocycles. The molecule has 2 nitrogen and oxygen atoms in total. The van der Waals surface area contributed by atoms with Crippen molar-refractivity contribution in [1.29, 1.82) is 0 Å². The van der Waals surface area contributed by atoms with Crippen molar-refractivity contribution in [3.63, 3.8) is 0 Å². The highest BCUT2D eigenvalue weighted by Crippen LogP contribution is 2.60. The number of fused-ring (bicyclic) bond motifs is 2. The third-order valence-electron chi connectivity index (χ3n) is 7.67. The fourth-order valence-electron chi connectivity index (χ4n) is 6.04. The van der Waals surface area contributed by atoms with Crippen LogP contribution in [0.1, 0.15) is 65.2 Å². The summed E-state index contributed by atoms with van der Waals surface area (Å²) >= 11 is 0. The topological polar surface area (TPSA) is 15.3 Å². The SMILES string of the molecule is CCN(C1=C2C3=CCC2C3=C1)C1\C=C/C=C\C(NC2CCCC(C)CCC2)=C/C1. The Morgan fingerprint density at radius 3 is 2.55 bits per heavy atom. The second kappa shape index (κ2) is 8.05. The van der Waals surface area contributed by atoms with Gasteiger partial charge in [-0.2, -0.15) is 0 Å². The van der Waals surface area contributed by atoms with Gasteiger partial charge in [-0.3, -0.25) is 0 Å². The van der Waals surface area contributed by atoms with Crippen molar-refractivity contribution < 1.29 is 0 Å². The molecule has 0 heterocycles. The summed E-state index contributed by atoms with van der Waals surface area (Å²) in [5, 5.41) is 3.89. The predicted octanol–water partition coefficient (Wildman–Crippen LogP) is 6.18. The van der Waals surface area contributed by atoms with E-state index in [1.165, 1.54) is 56.3 Å². The lowest BCUT2D eigenvalue weighted by atomic mass is 9.80. The van der Waals surface area contributed by atoms with Crippen LogP contribution >= 0.6 is 0 Å². The van der Waals surface area contributed by atoms with Gasteiger partial charge in [0.2, 0.25) is 0 Å². The first-order chi connectivity index (χ1) is 14.2. The molecule has 7 rings (SSSR count). The average Bonchev–Trinajstić information content (AvgIpc) is 3.43. The van der Waals surface area contributed by atoms with Crippen LogP contribution in [0.15, 0.2) is 70.6 Å². The Hall–Kier alpha value is -1.96. The highest BCUT2D eigenvalue weighted by molar-refractivity contribution is 5.76. The maximum atomic E-state index is 3.89. The molecule has 4 bridgehead atoms. The number of hydrogen-bond acceptors (Lipinski definition) is 2. The molecule has 2 heteroatoms. The molecule has 2 fully saturated rings. The maximum absolute atomic E-state index is 3.89. The molecule has 0 aromatic rings. The number of allylic oxidation sites excluding steroid dienone is 8. The highest BCUT2D eigenvalue weighted by Gasteiger charge is 2.47. The molecule has 0 aliphatic heterocycles. The fourth-order valence-corrected chi connectivity index (χ4v) is 6.04. The minimum Gasteiger partial charge on any atom is -0.383 e. The van der Waals surface area contributed by atoms with Crippen molar-refractivity contribution in [1.82, 2.24) is 10.2 Å². The Kier molecular flexibility index (Phi) is 5.28. The van der Waals surface area contributed by atoms with Crippen LogP contribution in [0.5, 0.6) is 0 Å². The predicted molar refractivity (Wildman–Crippen MR) is 122 cm³/mol. The molecule has 2 unspecified atom stereocenters. The molecule has 0 aromatic heterocycles. The largest absolute Gasteiger partial charge is 0.383 e. The van der Waals surface area contributed by atoms with Crippen LogP contribution in [0.2, 0.25) is 0 Å². The van der Waals surface area contributed by atoms with E-state index in [1.54, 1.807) is 16.7 Å². The van der Waals surface area contributed by atoms with Crippen molar-refractivity contribution >= 4 is 0 Å². The monoisotopic (exact) mass is 388 g/mol. The molecule has 0 spiro atoms. The van der Waals surface area contributed by atoms with Gasteiger partial charge in [0, 0.05) is 29.9 Å². The van der Waals surface area contributed by atoms with E-state index >= 15 is 0 Å². The summed E-state index contributed by atoms with van der Waals surface area (Å²) in [5.41, 5.74) is 7.64. The van der Waals surface area contributed by atoms with Crippen molar-refractivity contribution in [3.05, 3.63) is 70.6 Å². The van der Waals surface area contributed by atoms with Crippen LogP contribution in [0, 0.1) is 11.8 Å². The van der Waals surface area contributed by atoms with Crippen molar-refractivity contribution in [3.8, 4) is 0 Å². The van der Waals surface area contributed by atoms with Crippen molar-refractivity contribution in [2.24, 2.45) is 11.8 Å². The molecule has 7 aliphatic rings. The summed E-state index contributed by atoms with van der Waals surface area (Å²) in [7, 11) is 0. The highest BCUT2D eigenvalue weighted by atomic mass is 15.2. The molecule has 29 heavy (non-hydrogen) atoms. The van der Waals surface area contributed by atoms with E-state index in [1.807, 2.05) is 0 Å². The Labute approximate surface area is 176 Å². The summed E-state index contributed by atoms with van der Waals surface area (Å²) in [6.07, 6.45) is 27.0. The van der Waals surface area contributed by atoms with E-state index < -0.39 is 0 Å². The van der Waals surface area contributed by atoms with E-state index in [0.29, 0.717) is 12.1 Å². The summed E-state index contributed by atoms with van der Waals surface area (Å²) in [6, 6.07) is 1.08. The Morgan fingerprint density at radius 1 is 1.03 bits per heavy atom. The fraction of sp³-hybridized carbons (Fsp3) is 0.556. The van der Waals surface area contributed by atoms with Gasteiger partial charge < -0.3 is 10.2 Å². The Balaban J connectivity index is 1.27. The summed E-state index contributed by atoms with van der Waals surface area (Å²) in [6.45, 7) is 5.79. The second-order valence-electron chi connectivity index (χ2n) is 9.61. The Bertz CT molecular complexity index is 825. The van der Waals surface area contributed by atoms with Gasteiger partial charge in [0.25, 0.3) is 0 Å². The van der Waals surface area contributed by atoms with Crippen LogP contribution in [0.4, 0.5) is 0 Å². The van der Waals surface area contributed by atoms with Crippen molar-refractivity contribution in [2.75, 3.05) is 6.54 Å². The van der Waals surface area contributed by atoms with Gasteiger partial charge in [-0.15, -0.1) is 0 Å². The summed E-state index contributed by atoms with van der Waals surface area (Å²) < 4.78 is 0. The van der Waals surface area contributed by atoms with E-state index in [9.17, 15) is 0 Å². The van der Waals surface area contributed by atoms with Crippen LogP contribution in [0.3, 0.4) is 0 Å². The minimum absolute atomic E-state index is 0.443. The first-order valence-electron chi connectivity index (χ1n) is 12.0. The average molecular weight is 389 g/mol. The number of likely N-dealkylation sites (N-methyl/N-ethyl adjacent to an activating group) is 1.